The van der Waals surface area contributed by atoms with E-state index in [1.165, 1.54) is 6.21 Å². The summed E-state index contributed by atoms with van der Waals surface area (Å²) in [6.07, 6.45) is 3.17. The summed E-state index contributed by atoms with van der Waals surface area (Å²) >= 11 is 5.98. The summed E-state index contributed by atoms with van der Waals surface area (Å²) in [4.78, 5) is 21.6. The van der Waals surface area contributed by atoms with Crippen molar-refractivity contribution in [3.05, 3.63) is 95.3 Å². The summed E-state index contributed by atoms with van der Waals surface area (Å²) < 4.78 is 0. The van der Waals surface area contributed by atoms with E-state index in [2.05, 4.69) is 20.5 Å². The number of carbonyl (C=O) groups excluding carboxylic acids is 1. The minimum absolute atomic E-state index is 0.319. The molecule has 136 valence electrons. The second-order valence-electron chi connectivity index (χ2n) is 6.03. The highest BCUT2D eigenvalue weighted by Gasteiger charge is 2.13. The molecule has 0 aliphatic carbocycles. The van der Waals surface area contributed by atoms with Crippen LogP contribution < -0.4 is 5.43 Å². The molecular formula is C22H15ClN4O. The van der Waals surface area contributed by atoms with Crippen LogP contribution in [0.2, 0.25) is 5.02 Å². The second kappa shape index (κ2) is 7.98. The number of rotatable bonds is 4. The molecule has 1 amide bonds. The van der Waals surface area contributed by atoms with Crippen molar-refractivity contribution in [2.45, 2.75) is 0 Å². The van der Waals surface area contributed by atoms with Gasteiger partial charge < -0.3 is 0 Å². The third-order valence-corrected chi connectivity index (χ3v) is 4.40. The van der Waals surface area contributed by atoms with Gasteiger partial charge >= 0.3 is 0 Å². The number of nitrogens with zero attached hydrogens (tertiary/aromatic N) is 3. The highest BCUT2D eigenvalue weighted by atomic mass is 35.5. The Morgan fingerprint density at radius 3 is 2.57 bits per heavy atom. The maximum absolute atomic E-state index is 12.8. The van der Waals surface area contributed by atoms with Gasteiger partial charge in [-0.05, 0) is 36.4 Å². The Morgan fingerprint density at radius 1 is 1.00 bits per heavy atom. The van der Waals surface area contributed by atoms with Gasteiger partial charge in [0.05, 0.1) is 28.7 Å². The van der Waals surface area contributed by atoms with E-state index in [4.69, 9.17) is 11.6 Å². The van der Waals surface area contributed by atoms with E-state index in [0.717, 1.165) is 16.5 Å². The zero-order chi connectivity index (χ0) is 19.3. The number of carbonyl (C=O) groups is 1. The van der Waals surface area contributed by atoms with Crippen molar-refractivity contribution in [3.63, 3.8) is 0 Å². The molecule has 28 heavy (non-hydrogen) atoms. The molecule has 2 aromatic heterocycles. The Kier molecular flexibility index (Phi) is 5.08. The summed E-state index contributed by atoms with van der Waals surface area (Å²) in [6.45, 7) is 0. The smallest absolute Gasteiger partial charge is 0.267 e. The summed E-state index contributed by atoms with van der Waals surface area (Å²) in [5.74, 6) is -0.319. The lowest BCUT2D eigenvalue weighted by atomic mass is 10.0. The molecule has 0 radical (unpaired) electrons. The van der Waals surface area contributed by atoms with Crippen LogP contribution in [0.4, 0.5) is 0 Å². The van der Waals surface area contributed by atoms with Gasteiger partial charge in [0.25, 0.3) is 5.91 Å². The van der Waals surface area contributed by atoms with Crippen molar-refractivity contribution in [3.8, 4) is 11.3 Å². The van der Waals surface area contributed by atoms with E-state index in [0.29, 0.717) is 22.0 Å². The normalized spacial score (nSPS) is 11.0. The fraction of sp³-hybridized carbons (Fsp3) is 0. The lowest BCUT2D eigenvalue weighted by molar-refractivity contribution is 0.0956. The van der Waals surface area contributed by atoms with E-state index in [1.807, 2.05) is 48.5 Å². The maximum Gasteiger partial charge on any atom is 0.272 e. The molecule has 0 saturated heterocycles. The first-order valence-electron chi connectivity index (χ1n) is 8.61. The lowest BCUT2D eigenvalue weighted by Gasteiger charge is -2.09. The first-order chi connectivity index (χ1) is 13.7. The molecule has 6 heteroatoms. The predicted octanol–water partition coefficient (Wildman–Crippen LogP) is 4.71. The van der Waals surface area contributed by atoms with Crippen LogP contribution in [0.5, 0.6) is 0 Å². The number of halogens is 1. The molecule has 0 atom stereocenters. The van der Waals surface area contributed by atoms with Gasteiger partial charge in [-0.1, -0.05) is 48.0 Å². The third-order valence-electron chi connectivity index (χ3n) is 4.15. The number of amides is 1. The highest BCUT2D eigenvalue weighted by Crippen LogP contribution is 2.25. The van der Waals surface area contributed by atoms with Crippen molar-refractivity contribution >= 4 is 34.6 Å². The van der Waals surface area contributed by atoms with E-state index in [-0.39, 0.29) is 5.91 Å². The number of hydrogen-bond donors (Lipinski definition) is 1. The van der Waals surface area contributed by atoms with E-state index < -0.39 is 0 Å². The van der Waals surface area contributed by atoms with Crippen molar-refractivity contribution in [1.82, 2.24) is 15.4 Å². The van der Waals surface area contributed by atoms with Gasteiger partial charge in [0.15, 0.2) is 0 Å². The molecule has 0 fully saturated rings. The summed E-state index contributed by atoms with van der Waals surface area (Å²) in [5.41, 5.74) is 6.02. The van der Waals surface area contributed by atoms with Crippen molar-refractivity contribution in [2.24, 2.45) is 5.10 Å². The predicted molar refractivity (Wildman–Crippen MR) is 111 cm³/mol. The number of aromatic nitrogens is 2. The van der Waals surface area contributed by atoms with Crippen LogP contribution in [-0.2, 0) is 0 Å². The minimum Gasteiger partial charge on any atom is -0.267 e. The molecule has 1 N–H and O–H groups in total. The average molecular weight is 387 g/mol. The Labute approximate surface area is 166 Å². The second-order valence-corrected chi connectivity index (χ2v) is 6.47. The fourth-order valence-electron chi connectivity index (χ4n) is 2.80. The molecule has 2 aromatic carbocycles. The SMILES string of the molecule is O=C(N/N=C/c1ccccn1)c1cc(-c2ccc(Cl)cc2)nc2ccccc12. The number of fused-ring (bicyclic) bond motifs is 1. The average Bonchev–Trinajstić information content (AvgIpc) is 2.74. The monoisotopic (exact) mass is 386 g/mol. The minimum atomic E-state index is -0.319. The number of para-hydroxylation sites is 1. The fourth-order valence-corrected chi connectivity index (χ4v) is 2.93. The van der Waals surface area contributed by atoms with Crippen LogP contribution in [0.3, 0.4) is 0 Å². The van der Waals surface area contributed by atoms with Crippen LogP contribution in [0.25, 0.3) is 22.2 Å². The standard InChI is InChI=1S/C22H15ClN4O/c23-16-10-8-15(9-11-16)21-13-19(18-6-1-2-7-20(18)26-21)22(28)27-25-14-17-5-3-4-12-24-17/h1-14H,(H,27,28)/b25-14+. The molecule has 0 saturated carbocycles. The molecule has 0 unspecified atom stereocenters. The lowest BCUT2D eigenvalue weighted by Crippen LogP contribution is -2.18. The molecule has 5 nitrogen and oxygen atoms in total. The molecule has 0 bridgehead atoms. The number of hydrogen-bond acceptors (Lipinski definition) is 4. The number of benzene rings is 2. The third kappa shape index (κ3) is 3.89. The van der Waals surface area contributed by atoms with Crippen molar-refractivity contribution < 1.29 is 4.79 Å². The molecule has 2 heterocycles. The molecular weight excluding hydrogens is 372 g/mol. The van der Waals surface area contributed by atoms with Gasteiger partial charge in [0.1, 0.15) is 0 Å². The van der Waals surface area contributed by atoms with Crippen LogP contribution in [-0.4, -0.2) is 22.1 Å². The first-order valence-corrected chi connectivity index (χ1v) is 8.99. The van der Waals surface area contributed by atoms with Crippen LogP contribution in [0.1, 0.15) is 16.1 Å². The number of hydrazone groups is 1. The number of nitrogens with one attached hydrogen (secondary N) is 1. The summed E-state index contributed by atoms with van der Waals surface area (Å²) in [7, 11) is 0. The van der Waals surface area contributed by atoms with Gasteiger partial charge in [-0.3, -0.25) is 9.78 Å². The zero-order valence-electron chi connectivity index (χ0n) is 14.7. The maximum atomic E-state index is 12.8. The topological polar surface area (TPSA) is 67.2 Å². The highest BCUT2D eigenvalue weighted by molar-refractivity contribution is 6.30. The Balaban J connectivity index is 1.69. The van der Waals surface area contributed by atoms with E-state index in [1.54, 1.807) is 30.5 Å². The molecule has 0 spiro atoms. The van der Waals surface area contributed by atoms with Gasteiger partial charge in [-0.15, -0.1) is 0 Å². The molecule has 0 aliphatic heterocycles. The van der Waals surface area contributed by atoms with Gasteiger partial charge in [-0.25, -0.2) is 10.4 Å². The first kappa shape index (κ1) is 17.8. The van der Waals surface area contributed by atoms with Gasteiger partial charge in [0.2, 0.25) is 0 Å². The van der Waals surface area contributed by atoms with E-state index in [9.17, 15) is 4.79 Å². The molecule has 0 aliphatic rings. The molecule has 4 aromatic rings. The van der Waals surface area contributed by atoms with Crippen LogP contribution in [0.15, 0.2) is 84.1 Å². The summed E-state index contributed by atoms with van der Waals surface area (Å²) in [5, 5.41) is 5.41. The molecule has 4 rings (SSSR count). The Morgan fingerprint density at radius 2 is 1.79 bits per heavy atom. The van der Waals surface area contributed by atoms with Crippen molar-refractivity contribution in [2.75, 3.05) is 0 Å². The largest absolute Gasteiger partial charge is 0.272 e. The van der Waals surface area contributed by atoms with E-state index >= 15 is 0 Å². The Bertz CT molecular complexity index is 1160. The van der Waals surface area contributed by atoms with Gasteiger partial charge in [-0.2, -0.15) is 5.10 Å². The zero-order valence-corrected chi connectivity index (χ0v) is 15.5. The number of pyridine rings is 2. The quantitative estimate of drug-likeness (QED) is 0.408. The van der Waals surface area contributed by atoms with Crippen LogP contribution >= 0.6 is 11.6 Å². The Hall–Kier alpha value is -3.57. The van der Waals surface area contributed by atoms with Crippen molar-refractivity contribution in [1.29, 1.82) is 0 Å². The van der Waals surface area contributed by atoms with Gasteiger partial charge in [0, 0.05) is 22.2 Å². The van der Waals surface area contributed by atoms with Crippen LogP contribution in [0, 0.1) is 0 Å². The summed E-state index contributed by atoms with van der Waals surface area (Å²) in [6, 6.07) is 22.1.